The van der Waals surface area contributed by atoms with E-state index < -0.39 is 11.6 Å². The molecule has 0 radical (unpaired) electrons. The molecule has 0 unspecified atom stereocenters. The zero-order valence-electron chi connectivity index (χ0n) is 10.6. The van der Waals surface area contributed by atoms with Crippen molar-refractivity contribution in [3.05, 3.63) is 65.2 Å². The van der Waals surface area contributed by atoms with Crippen LogP contribution in [0.15, 0.2) is 42.5 Å². The highest BCUT2D eigenvalue weighted by molar-refractivity contribution is 5.28. The molecule has 1 N–H and O–H groups in total. The van der Waals surface area contributed by atoms with Gasteiger partial charge in [-0.25, -0.2) is 8.78 Å². The van der Waals surface area contributed by atoms with Crippen molar-refractivity contribution < 1.29 is 13.5 Å². The average Bonchev–Trinajstić information content (AvgIpc) is 2.40. The second-order valence-corrected chi connectivity index (χ2v) is 4.16. The zero-order valence-corrected chi connectivity index (χ0v) is 10.6. The molecule has 0 aromatic heterocycles. The number of hydrogen-bond donors (Lipinski definition) is 1. The van der Waals surface area contributed by atoms with Gasteiger partial charge in [0.2, 0.25) is 0 Å². The summed E-state index contributed by atoms with van der Waals surface area (Å²) in [6, 6.07) is 11.2. The number of benzene rings is 2. The van der Waals surface area contributed by atoms with Crippen LogP contribution < -0.4 is 10.1 Å². The molecule has 2 aromatic rings. The van der Waals surface area contributed by atoms with Gasteiger partial charge in [0.05, 0.1) is 5.56 Å². The van der Waals surface area contributed by atoms with E-state index in [9.17, 15) is 8.78 Å². The van der Waals surface area contributed by atoms with E-state index in [1.165, 1.54) is 18.2 Å². The van der Waals surface area contributed by atoms with Crippen LogP contribution >= 0.6 is 0 Å². The third-order valence-corrected chi connectivity index (χ3v) is 2.75. The Morgan fingerprint density at radius 3 is 2.21 bits per heavy atom. The molecule has 2 aromatic carbocycles. The largest absolute Gasteiger partial charge is 0.489 e. The van der Waals surface area contributed by atoms with E-state index in [2.05, 4.69) is 5.32 Å². The summed E-state index contributed by atoms with van der Waals surface area (Å²) in [7, 11) is 1.87. The topological polar surface area (TPSA) is 21.3 Å². The average molecular weight is 263 g/mol. The van der Waals surface area contributed by atoms with Gasteiger partial charge in [-0.1, -0.05) is 18.2 Å². The van der Waals surface area contributed by atoms with E-state index in [1.807, 2.05) is 19.2 Å². The third kappa shape index (κ3) is 3.51. The van der Waals surface area contributed by atoms with Gasteiger partial charge in [-0.15, -0.1) is 0 Å². The van der Waals surface area contributed by atoms with Gasteiger partial charge in [0.1, 0.15) is 24.0 Å². The zero-order chi connectivity index (χ0) is 13.7. The molecule has 0 fully saturated rings. The quantitative estimate of drug-likeness (QED) is 0.894. The SMILES string of the molecule is CNCc1ccc(OCc2c(F)cccc2F)cc1. The van der Waals surface area contributed by atoms with E-state index >= 15 is 0 Å². The van der Waals surface area contributed by atoms with Crippen LogP contribution in [-0.2, 0) is 13.2 Å². The van der Waals surface area contributed by atoms with Crippen LogP contribution in [0.2, 0.25) is 0 Å². The lowest BCUT2D eigenvalue weighted by molar-refractivity contribution is 0.292. The molecule has 0 heterocycles. The van der Waals surface area contributed by atoms with E-state index in [0.717, 1.165) is 12.1 Å². The molecule has 0 saturated heterocycles. The van der Waals surface area contributed by atoms with Crippen molar-refractivity contribution in [3.8, 4) is 5.75 Å². The fraction of sp³-hybridized carbons (Fsp3) is 0.200. The predicted molar refractivity (Wildman–Crippen MR) is 69.9 cm³/mol. The van der Waals surface area contributed by atoms with E-state index in [0.29, 0.717) is 5.75 Å². The molecular weight excluding hydrogens is 248 g/mol. The van der Waals surface area contributed by atoms with Crippen LogP contribution in [0, 0.1) is 11.6 Å². The van der Waals surface area contributed by atoms with Gasteiger partial charge in [-0.3, -0.25) is 0 Å². The Morgan fingerprint density at radius 2 is 1.63 bits per heavy atom. The highest BCUT2D eigenvalue weighted by atomic mass is 19.1. The lowest BCUT2D eigenvalue weighted by Crippen LogP contribution is -2.05. The Balaban J connectivity index is 2.02. The van der Waals surface area contributed by atoms with E-state index in [1.54, 1.807) is 12.1 Å². The highest BCUT2D eigenvalue weighted by Gasteiger charge is 2.08. The minimum Gasteiger partial charge on any atom is -0.489 e. The second kappa shape index (κ2) is 6.29. The van der Waals surface area contributed by atoms with Crippen LogP contribution in [-0.4, -0.2) is 7.05 Å². The third-order valence-electron chi connectivity index (χ3n) is 2.75. The van der Waals surface area contributed by atoms with Crippen LogP contribution in [0.5, 0.6) is 5.75 Å². The van der Waals surface area contributed by atoms with Gasteiger partial charge in [-0.2, -0.15) is 0 Å². The first-order valence-electron chi connectivity index (χ1n) is 6.00. The van der Waals surface area contributed by atoms with Crippen molar-refractivity contribution >= 4 is 0 Å². The summed E-state index contributed by atoms with van der Waals surface area (Å²) >= 11 is 0. The fourth-order valence-corrected chi connectivity index (χ4v) is 1.73. The number of nitrogens with one attached hydrogen (secondary N) is 1. The number of ether oxygens (including phenoxy) is 1. The molecule has 0 aliphatic heterocycles. The Labute approximate surface area is 111 Å². The highest BCUT2D eigenvalue weighted by Crippen LogP contribution is 2.17. The molecule has 0 atom stereocenters. The maximum absolute atomic E-state index is 13.4. The lowest BCUT2D eigenvalue weighted by atomic mass is 10.2. The normalized spacial score (nSPS) is 10.5. The van der Waals surface area contributed by atoms with Gasteiger partial charge in [0.15, 0.2) is 0 Å². The maximum Gasteiger partial charge on any atom is 0.132 e. The summed E-state index contributed by atoms with van der Waals surface area (Å²) in [4.78, 5) is 0. The van der Waals surface area contributed by atoms with Crippen molar-refractivity contribution in [1.82, 2.24) is 5.32 Å². The first kappa shape index (κ1) is 13.5. The van der Waals surface area contributed by atoms with Crippen molar-refractivity contribution in [2.45, 2.75) is 13.2 Å². The number of halogens is 2. The fourth-order valence-electron chi connectivity index (χ4n) is 1.73. The van der Waals surface area contributed by atoms with Gasteiger partial charge in [0, 0.05) is 6.54 Å². The summed E-state index contributed by atoms with van der Waals surface area (Å²) in [5.74, 6) is -0.596. The summed E-state index contributed by atoms with van der Waals surface area (Å²) < 4.78 is 32.2. The minimum absolute atomic E-state index is 0.0539. The van der Waals surface area contributed by atoms with Gasteiger partial charge < -0.3 is 10.1 Å². The van der Waals surface area contributed by atoms with Crippen LogP contribution in [0.4, 0.5) is 8.78 Å². The first-order chi connectivity index (χ1) is 9.20. The summed E-state index contributed by atoms with van der Waals surface area (Å²) in [5.41, 5.74) is 1.06. The molecule has 4 heteroatoms. The molecule has 0 aliphatic carbocycles. The van der Waals surface area contributed by atoms with Crippen molar-refractivity contribution in [2.24, 2.45) is 0 Å². The first-order valence-corrected chi connectivity index (χ1v) is 6.00. The Morgan fingerprint density at radius 1 is 1.00 bits per heavy atom. The van der Waals surface area contributed by atoms with Crippen molar-refractivity contribution in [1.29, 1.82) is 0 Å². The Bertz CT molecular complexity index is 520. The predicted octanol–water partition coefficient (Wildman–Crippen LogP) is 3.26. The second-order valence-electron chi connectivity index (χ2n) is 4.16. The minimum atomic E-state index is -0.591. The summed E-state index contributed by atoms with van der Waals surface area (Å²) in [6.45, 7) is 0.645. The summed E-state index contributed by atoms with van der Waals surface area (Å²) in [6.07, 6.45) is 0. The van der Waals surface area contributed by atoms with Gasteiger partial charge >= 0.3 is 0 Å². The maximum atomic E-state index is 13.4. The van der Waals surface area contributed by atoms with E-state index in [-0.39, 0.29) is 12.2 Å². The molecule has 2 nitrogen and oxygen atoms in total. The van der Waals surface area contributed by atoms with Crippen LogP contribution in [0.25, 0.3) is 0 Å². The Kier molecular flexibility index (Phi) is 4.47. The number of rotatable bonds is 5. The molecule has 0 bridgehead atoms. The standard InChI is InChI=1S/C15H15F2NO/c1-18-9-11-5-7-12(8-6-11)19-10-13-14(16)3-2-4-15(13)17/h2-8,18H,9-10H2,1H3. The Hall–Kier alpha value is -1.94. The molecule has 2 rings (SSSR count). The smallest absolute Gasteiger partial charge is 0.132 e. The molecule has 0 amide bonds. The number of hydrogen-bond acceptors (Lipinski definition) is 2. The summed E-state index contributed by atoms with van der Waals surface area (Å²) in [5, 5.41) is 3.04. The van der Waals surface area contributed by atoms with E-state index in [4.69, 9.17) is 4.74 Å². The van der Waals surface area contributed by atoms with Crippen molar-refractivity contribution in [3.63, 3.8) is 0 Å². The van der Waals surface area contributed by atoms with Gasteiger partial charge in [-0.05, 0) is 36.9 Å². The molecule has 0 spiro atoms. The molecule has 0 saturated carbocycles. The van der Waals surface area contributed by atoms with Crippen LogP contribution in [0.3, 0.4) is 0 Å². The molecular formula is C15H15F2NO. The molecule has 100 valence electrons. The van der Waals surface area contributed by atoms with Crippen LogP contribution in [0.1, 0.15) is 11.1 Å². The molecule has 0 aliphatic rings. The lowest BCUT2D eigenvalue weighted by Gasteiger charge is -2.08. The van der Waals surface area contributed by atoms with Crippen molar-refractivity contribution in [2.75, 3.05) is 7.05 Å². The monoisotopic (exact) mass is 263 g/mol. The molecule has 19 heavy (non-hydrogen) atoms. The van der Waals surface area contributed by atoms with Gasteiger partial charge in [0.25, 0.3) is 0 Å².